The number of aromatic nitrogens is 2. The fourth-order valence-corrected chi connectivity index (χ4v) is 3.26. The molecule has 0 aliphatic rings. The molecule has 23 heavy (non-hydrogen) atoms. The van der Waals surface area contributed by atoms with Crippen LogP contribution >= 0.6 is 11.3 Å². The third-order valence-corrected chi connectivity index (χ3v) is 4.35. The molecule has 2 rings (SSSR count). The van der Waals surface area contributed by atoms with E-state index in [-0.39, 0.29) is 23.8 Å². The van der Waals surface area contributed by atoms with Gasteiger partial charge in [0.15, 0.2) is 0 Å². The molecular formula is C17H23N3O2S. The van der Waals surface area contributed by atoms with Gasteiger partial charge in [0.05, 0.1) is 18.2 Å². The van der Waals surface area contributed by atoms with Crippen LogP contribution in [0.4, 0.5) is 0 Å². The summed E-state index contributed by atoms with van der Waals surface area (Å²) in [4.78, 5) is 20.6. The number of nitrogens with zero attached hydrogens (tertiary/aromatic N) is 2. The molecule has 0 aromatic carbocycles. The van der Waals surface area contributed by atoms with Crippen molar-refractivity contribution in [3.63, 3.8) is 0 Å². The topological polar surface area (TPSA) is 75.1 Å². The Morgan fingerprint density at radius 3 is 2.91 bits per heavy atom. The Hall–Kier alpha value is -1.79. The average Bonchev–Trinajstić information content (AvgIpc) is 2.93. The van der Waals surface area contributed by atoms with Crippen LogP contribution in [0.2, 0.25) is 0 Å². The van der Waals surface area contributed by atoms with Crippen molar-refractivity contribution in [3.8, 4) is 10.6 Å². The smallest absolute Gasteiger partial charge is 0.226 e. The summed E-state index contributed by atoms with van der Waals surface area (Å²) in [5.41, 5.74) is 1.59. The number of nitrogens with one attached hydrogen (secondary N) is 1. The fraction of sp³-hybridized carbons (Fsp3) is 0.471. The van der Waals surface area contributed by atoms with Crippen molar-refractivity contribution in [3.05, 3.63) is 35.6 Å². The maximum Gasteiger partial charge on any atom is 0.226 e. The van der Waals surface area contributed by atoms with Crippen LogP contribution in [0.25, 0.3) is 10.6 Å². The van der Waals surface area contributed by atoms with Gasteiger partial charge in [-0.3, -0.25) is 9.78 Å². The Balaban J connectivity index is 1.88. The third kappa shape index (κ3) is 5.73. The fourth-order valence-electron chi connectivity index (χ4n) is 2.45. The zero-order valence-electron chi connectivity index (χ0n) is 13.7. The second-order valence-electron chi connectivity index (χ2n) is 6.56. The van der Waals surface area contributed by atoms with E-state index in [2.05, 4.69) is 15.3 Å². The van der Waals surface area contributed by atoms with Crippen molar-refractivity contribution in [2.75, 3.05) is 6.54 Å². The van der Waals surface area contributed by atoms with E-state index >= 15 is 0 Å². The number of rotatable bonds is 7. The van der Waals surface area contributed by atoms with Crippen molar-refractivity contribution in [1.29, 1.82) is 0 Å². The van der Waals surface area contributed by atoms with Crippen LogP contribution in [0.15, 0.2) is 29.9 Å². The highest BCUT2D eigenvalue weighted by molar-refractivity contribution is 7.13. The van der Waals surface area contributed by atoms with Crippen molar-refractivity contribution in [1.82, 2.24) is 15.3 Å². The first-order chi connectivity index (χ1) is 10.9. The maximum absolute atomic E-state index is 12.1. The minimum absolute atomic E-state index is 0.0493. The SMILES string of the molecule is CC(O)CC(C)(C)CNC(=O)Cc1csc(-c2cccnc2)n1. The van der Waals surface area contributed by atoms with Gasteiger partial charge in [-0.1, -0.05) is 13.8 Å². The van der Waals surface area contributed by atoms with E-state index in [0.29, 0.717) is 13.0 Å². The predicted molar refractivity (Wildman–Crippen MR) is 92.1 cm³/mol. The van der Waals surface area contributed by atoms with Gasteiger partial charge in [-0.2, -0.15) is 0 Å². The van der Waals surface area contributed by atoms with E-state index in [1.165, 1.54) is 11.3 Å². The number of carbonyl (C=O) groups excluding carboxylic acids is 1. The Morgan fingerprint density at radius 1 is 1.48 bits per heavy atom. The van der Waals surface area contributed by atoms with Crippen LogP contribution in [-0.2, 0) is 11.2 Å². The summed E-state index contributed by atoms with van der Waals surface area (Å²) >= 11 is 1.51. The molecule has 0 radical (unpaired) electrons. The van der Waals surface area contributed by atoms with Crippen LogP contribution in [0, 0.1) is 5.41 Å². The zero-order chi connectivity index (χ0) is 16.9. The third-order valence-electron chi connectivity index (χ3n) is 3.41. The molecule has 6 heteroatoms. The normalized spacial score (nSPS) is 12.9. The van der Waals surface area contributed by atoms with Crippen molar-refractivity contribution < 1.29 is 9.90 Å². The number of thiazole rings is 1. The van der Waals surface area contributed by atoms with Gasteiger partial charge in [0, 0.05) is 29.9 Å². The highest BCUT2D eigenvalue weighted by atomic mass is 32.1. The number of hydrogen-bond donors (Lipinski definition) is 2. The number of hydrogen-bond acceptors (Lipinski definition) is 5. The minimum Gasteiger partial charge on any atom is -0.393 e. The van der Waals surface area contributed by atoms with Crippen LogP contribution in [-0.4, -0.2) is 33.6 Å². The number of amides is 1. The first kappa shape index (κ1) is 17.6. The van der Waals surface area contributed by atoms with Crippen molar-refractivity contribution in [2.24, 2.45) is 5.41 Å². The lowest BCUT2D eigenvalue weighted by atomic mass is 9.87. The van der Waals surface area contributed by atoms with Gasteiger partial charge in [-0.25, -0.2) is 4.98 Å². The molecule has 0 aliphatic carbocycles. The number of aliphatic hydroxyl groups is 1. The predicted octanol–water partition coefficient (Wildman–Crippen LogP) is 2.66. The molecule has 1 atom stereocenters. The van der Waals surface area contributed by atoms with E-state index < -0.39 is 0 Å². The Morgan fingerprint density at radius 2 is 2.26 bits per heavy atom. The lowest BCUT2D eigenvalue weighted by Gasteiger charge is -2.26. The van der Waals surface area contributed by atoms with Crippen molar-refractivity contribution >= 4 is 17.2 Å². The molecule has 1 unspecified atom stereocenters. The first-order valence-corrected chi connectivity index (χ1v) is 8.53. The summed E-state index contributed by atoms with van der Waals surface area (Å²) in [5.74, 6) is -0.0493. The quantitative estimate of drug-likeness (QED) is 0.817. The second kappa shape index (κ2) is 7.66. The van der Waals surface area contributed by atoms with Gasteiger partial charge in [-0.05, 0) is 30.9 Å². The molecular weight excluding hydrogens is 310 g/mol. The van der Waals surface area contributed by atoms with Gasteiger partial charge >= 0.3 is 0 Å². The first-order valence-electron chi connectivity index (χ1n) is 7.65. The molecule has 2 aromatic heterocycles. The highest BCUT2D eigenvalue weighted by Crippen LogP contribution is 2.23. The molecule has 0 fully saturated rings. The zero-order valence-corrected chi connectivity index (χ0v) is 14.6. The standard InChI is InChI=1S/C17H23N3O2S/c1-12(21)8-17(2,3)11-19-15(22)7-14-10-23-16(20-14)13-5-4-6-18-9-13/h4-6,9-10,12,21H,7-8,11H2,1-3H3,(H,19,22). The Kier molecular flexibility index (Phi) is 5.85. The maximum atomic E-state index is 12.1. The van der Waals surface area contributed by atoms with Gasteiger partial charge < -0.3 is 10.4 Å². The average molecular weight is 333 g/mol. The summed E-state index contributed by atoms with van der Waals surface area (Å²) < 4.78 is 0. The number of aliphatic hydroxyl groups excluding tert-OH is 1. The van der Waals surface area contributed by atoms with E-state index in [1.807, 2.05) is 31.4 Å². The van der Waals surface area contributed by atoms with E-state index in [4.69, 9.17) is 0 Å². The molecule has 0 saturated heterocycles. The molecule has 124 valence electrons. The van der Waals surface area contributed by atoms with Crippen LogP contribution in [0.5, 0.6) is 0 Å². The number of pyridine rings is 1. The Bertz CT molecular complexity index is 638. The summed E-state index contributed by atoms with van der Waals surface area (Å²) in [6.45, 7) is 6.36. The molecule has 0 saturated carbocycles. The van der Waals surface area contributed by atoms with Crippen LogP contribution < -0.4 is 5.32 Å². The lowest BCUT2D eigenvalue weighted by molar-refractivity contribution is -0.121. The second-order valence-corrected chi connectivity index (χ2v) is 7.41. The molecule has 2 aromatic rings. The molecule has 5 nitrogen and oxygen atoms in total. The monoisotopic (exact) mass is 333 g/mol. The van der Waals surface area contributed by atoms with E-state index in [1.54, 1.807) is 19.3 Å². The van der Waals surface area contributed by atoms with E-state index in [9.17, 15) is 9.90 Å². The summed E-state index contributed by atoms with van der Waals surface area (Å²) in [7, 11) is 0. The van der Waals surface area contributed by atoms with Gasteiger partial charge in [0.1, 0.15) is 5.01 Å². The van der Waals surface area contributed by atoms with Gasteiger partial charge in [-0.15, -0.1) is 11.3 Å². The molecule has 0 spiro atoms. The summed E-state index contributed by atoms with van der Waals surface area (Å²) in [6, 6.07) is 3.82. The molecule has 2 N–H and O–H groups in total. The molecule has 0 bridgehead atoms. The van der Waals surface area contributed by atoms with Gasteiger partial charge in [0.2, 0.25) is 5.91 Å². The summed E-state index contributed by atoms with van der Waals surface area (Å²) in [5, 5.41) is 15.2. The van der Waals surface area contributed by atoms with Crippen LogP contribution in [0.1, 0.15) is 32.9 Å². The lowest BCUT2D eigenvalue weighted by Crippen LogP contribution is -2.36. The highest BCUT2D eigenvalue weighted by Gasteiger charge is 2.21. The Labute approximate surface area is 140 Å². The van der Waals surface area contributed by atoms with Crippen molar-refractivity contribution in [2.45, 2.75) is 39.7 Å². The van der Waals surface area contributed by atoms with Crippen LogP contribution in [0.3, 0.4) is 0 Å². The van der Waals surface area contributed by atoms with Gasteiger partial charge in [0.25, 0.3) is 0 Å². The summed E-state index contributed by atoms with van der Waals surface area (Å²) in [6.07, 6.45) is 4.03. The largest absolute Gasteiger partial charge is 0.393 e. The molecule has 0 aliphatic heterocycles. The molecule has 2 heterocycles. The minimum atomic E-state index is -0.373. The van der Waals surface area contributed by atoms with E-state index in [0.717, 1.165) is 16.3 Å². The number of carbonyl (C=O) groups is 1. The molecule has 1 amide bonds.